The van der Waals surface area contributed by atoms with Gasteiger partial charge in [0.25, 0.3) is 0 Å². The van der Waals surface area contributed by atoms with E-state index in [2.05, 4.69) is 27.0 Å². The molecule has 1 saturated heterocycles. The first kappa shape index (κ1) is 24.6. The second-order valence-electron chi connectivity index (χ2n) is 7.48. The smallest absolute Gasteiger partial charge is 0.325 e. The summed E-state index contributed by atoms with van der Waals surface area (Å²) in [5.41, 5.74) is -0.962. The summed E-state index contributed by atoms with van der Waals surface area (Å²) in [5, 5.41) is 11.1. The quantitative estimate of drug-likeness (QED) is 0.403. The van der Waals surface area contributed by atoms with E-state index in [9.17, 15) is 18.0 Å². The zero-order chi connectivity index (χ0) is 23.1. The Kier molecular flexibility index (Phi) is 8.61. The van der Waals surface area contributed by atoms with Gasteiger partial charge in [-0.05, 0) is 44.1 Å². The van der Waals surface area contributed by atoms with Crippen molar-refractivity contribution in [1.29, 1.82) is 0 Å². The summed E-state index contributed by atoms with van der Waals surface area (Å²) in [4.78, 5) is 14.7. The number of nitrogens with zero attached hydrogens (tertiary/aromatic N) is 4. The molecule has 1 aromatic carbocycles. The highest BCUT2D eigenvalue weighted by Gasteiger charge is 2.33. The number of alkyl halides is 3. The number of likely N-dealkylation sites (tertiary alicyclic amines) is 1. The van der Waals surface area contributed by atoms with Gasteiger partial charge in [-0.2, -0.15) is 13.2 Å². The molecule has 1 N–H and O–H groups in total. The zero-order valence-electron chi connectivity index (χ0n) is 17.5. The third kappa shape index (κ3) is 6.73. The number of allylic oxidation sites excluding steroid dienone is 1. The second-order valence-corrected chi connectivity index (χ2v) is 8.83. The van der Waals surface area contributed by atoms with Crippen molar-refractivity contribution in [3.05, 3.63) is 47.3 Å². The van der Waals surface area contributed by atoms with Crippen LogP contribution in [0.5, 0.6) is 0 Å². The minimum Gasteiger partial charge on any atom is -0.325 e. The van der Waals surface area contributed by atoms with Gasteiger partial charge in [0.05, 0.1) is 16.3 Å². The van der Waals surface area contributed by atoms with Gasteiger partial charge in [0.15, 0.2) is 5.16 Å². The van der Waals surface area contributed by atoms with Gasteiger partial charge in [0.2, 0.25) is 5.91 Å². The lowest BCUT2D eigenvalue weighted by molar-refractivity contribution is -0.137. The fourth-order valence-electron chi connectivity index (χ4n) is 3.51. The van der Waals surface area contributed by atoms with Gasteiger partial charge in [-0.1, -0.05) is 35.9 Å². The van der Waals surface area contributed by atoms with Gasteiger partial charge in [-0.25, -0.2) is 0 Å². The molecule has 1 fully saturated rings. The lowest BCUT2D eigenvalue weighted by Gasteiger charge is -2.26. The molecule has 1 amide bonds. The number of thioether (sulfide) groups is 1. The summed E-state index contributed by atoms with van der Waals surface area (Å²) in [6, 6.07) is 3.27. The Balaban J connectivity index is 1.59. The zero-order valence-corrected chi connectivity index (χ0v) is 19.1. The maximum atomic E-state index is 13.0. The molecule has 1 aromatic heterocycles. The second kappa shape index (κ2) is 11.2. The average Bonchev–Trinajstić information content (AvgIpc) is 3.14. The number of nitrogens with one attached hydrogen (secondary N) is 1. The highest BCUT2D eigenvalue weighted by atomic mass is 35.5. The van der Waals surface area contributed by atoms with Gasteiger partial charge < -0.3 is 14.8 Å². The van der Waals surface area contributed by atoms with Gasteiger partial charge >= 0.3 is 6.18 Å². The van der Waals surface area contributed by atoms with Crippen molar-refractivity contribution in [2.45, 2.75) is 43.6 Å². The molecule has 2 aromatic rings. The Hall–Kier alpha value is -2.04. The summed E-state index contributed by atoms with van der Waals surface area (Å²) < 4.78 is 40.9. The van der Waals surface area contributed by atoms with Crippen LogP contribution in [0.15, 0.2) is 36.0 Å². The van der Waals surface area contributed by atoms with Crippen molar-refractivity contribution in [3.63, 3.8) is 0 Å². The Morgan fingerprint density at radius 2 is 2.00 bits per heavy atom. The number of hydrogen-bond acceptors (Lipinski definition) is 5. The fraction of sp³-hybridized carbons (Fsp3) is 0.476. The van der Waals surface area contributed by atoms with E-state index in [0.717, 1.165) is 44.0 Å². The first-order valence-electron chi connectivity index (χ1n) is 10.3. The van der Waals surface area contributed by atoms with Crippen LogP contribution in [0.3, 0.4) is 0 Å². The number of carbonyl (C=O) groups is 1. The number of rotatable bonds is 9. The van der Waals surface area contributed by atoms with E-state index in [4.69, 9.17) is 11.6 Å². The summed E-state index contributed by atoms with van der Waals surface area (Å²) in [6.07, 6.45) is 1.60. The molecule has 3 rings (SSSR count). The van der Waals surface area contributed by atoms with Crippen LogP contribution in [0, 0.1) is 0 Å². The van der Waals surface area contributed by atoms with Crippen LogP contribution in [0.1, 0.15) is 30.7 Å². The predicted octanol–water partition coefficient (Wildman–Crippen LogP) is 4.90. The third-order valence-corrected chi connectivity index (χ3v) is 6.39. The van der Waals surface area contributed by atoms with Crippen molar-refractivity contribution in [2.75, 3.05) is 30.7 Å². The van der Waals surface area contributed by atoms with Crippen LogP contribution in [-0.4, -0.2) is 51.0 Å². The lowest BCUT2D eigenvalue weighted by Crippen LogP contribution is -2.32. The number of carbonyl (C=O) groups excluding carboxylic acids is 1. The molecule has 1 aliphatic heterocycles. The van der Waals surface area contributed by atoms with Crippen LogP contribution in [0.4, 0.5) is 18.9 Å². The molecule has 32 heavy (non-hydrogen) atoms. The highest BCUT2D eigenvalue weighted by Crippen LogP contribution is 2.36. The molecule has 1 aliphatic rings. The molecular weight excluding hydrogens is 463 g/mol. The molecule has 0 bridgehead atoms. The van der Waals surface area contributed by atoms with Crippen molar-refractivity contribution in [3.8, 4) is 0 Å². The highest BCUT2D eigenvalue weighted by molar-refractivity contribution is 7.99. The number of benzene rings is 1. The summed E-state index contributed by atoms with van der Waals surface area (Å²) in [7, 11) is 0. The molecule has 0 atom stereocenters. The van der Waals surface area contributed by atoms with Crippen LogP contribution >= 0.6 is 23.4 Å². The predicted molar refractivity (Wildman–Crippen MR) is 120 cm³/mol. The third-order valence-electron chi connectivity index (χ3n) is 5.09. The maximum Gasteiger partial charge on any atom is 0.417 e. The Labute approximate surface area is 194 Å². The van der Waals surface area contributed by atoms with Crippen LogP contribution in [0.25, 0.3) is 0 Å². The summed E-state index contributed by atoms with van der Waals surface area (Å²) in [5.74, 6) is 0.352. The number of anilines is 1. The Bertz CT molecular complexity index is 944. The SMILES string of the molecule is C=CCn1c(CCN2CCCCC2)nnc1SCC(=O)Nc1ccc(Cl)c(C(F)(F)F)c1. The Morgan fingerprint density at radius 3 is 2.69 bits per heavy atom. The molecule has 11 heteroatoms. The van der Waals surface area contributed by atoms with E-state index in [1.54, 1.807) is 6.08 Å². The van der Waals surface area contributed by atoms with Gasteiger partial charge in [-0.3, -0.25) is 4.79 Å². The van der Waals surface area contributed by atoms with Gasteiger partial charge in [0.1, 0.15) is 5.82 Å². The van der Waals surface area contributed by atoms with Crippen molar-refractivity contribution < 1.29 is 18.0 Å². The number of aromatic nitrogens is 3. The normalized spacial score (nSPS) is 15.0. The molecule has 0 saturated carbocycles. The van der Waals surface area contributed by atoms with Crippen molar-refractivity contribution >= 4 is 35.0 Å². The van der Waals surface area contributed by atoms with Crippen LogP contribution < -0.4 is 5.32 Å². The molecule has 6 nitrogen and oxygen atoms in total. The van der Waals surface area contributed by atoms with E-state index in [1.165, 1.54) is 37.1 Å². The van der Waals surface area contributed by atoms with Crippen molar-refractivity contribution in [1.82, 2.24) is 19.7 Å². The van der Waals surface area contributed by atoms with E-state index < -0.39 is 22.7 Å². The van der Waals surface area contributed by atoms with E-state index in [0.29, 0.717) is 11.7 Å². The van der Waals surface area contributed by atoms with Crippen LogP contribution in [0.2, 0.25) is 5.02 Å². The van der Waals surface area contributed by atoms with E-state index >= 15 is 0 Å². The molecule has 0 radical (unpaired) electrons. The van der Waals surface area contributed by atoms with Crippen LogP contribution in [-0.2, 0) is 23.9 Å². The monoisotopic (exact) mass is 487 g/mol. The maximum absolute atomic E-state index is 13.0. The molecule has 0 aliphatic carbocycles. The minimum absolute atomic E-state index is 0.0224. The minimum atomic E-state index is -4.60. The van der Waals surface area contributed by atoms with E-state index in [1.807, 2.05) is 4.57 Å². The summed E-state index contributed by atoms with van der Waals surface area (Å²) in [6.45, 7) is 7.38. The first-order valence-corrected chi connectivity index (χ1v) is 11.7. The van der Waals surface area contributed by atoms with E-state index in [-0.39, 0.29) is 11.4 Å². The lowest BCUT2D eigenvalue weighted by atomic mass is 10.1. The fourth-order valence-corrected chi connectivity index (χ4v) is 4.50. The molecular formula is C21H25ClF3N5OS. The Morgan fingerprint density at radius 1 is 1.25 bits per heavy atom. The molecule has 2 heterocycles. The number of hydrogen-bond donors (Lipinski definition) is 1. The standard InChI is InChI=1S/C21H25ClF3N5OS/c1-2-9-30-18(8-12-29-10-4-3-5-11-29)27-28-20(30)32-14-19(31)26-15-6-7-17(22)16(13-15)21(23,24)25/h2,6-7,13H,1,3-5,8-12,14H2,(H,26,31). The average molecular weight is 488 g/mol. The number of piperidine rings is 1. The molecule has 0 spiro atoms. The van der Waals surface area contributed by atoms with Gasteiger partial charge in [0, 0.05) is 25.2 Å². The van der Waals surface area contributed by atoms with Crippen molar-refractivity contribution in [2.24, 2.45) is 0 Å². The molecule has 174 valence electrons. The summed E-state index contributed by atoms with van der Waals surface area (Å²) >= 11 is 6.79. The first-order chi connectivity index (χ1) is 15.3. The number of amides is 1. The molecule has 0 unspecified atom stereocenters. The topological polar surface area (TPSA) is 63.1 Å². The van der Waals surface area contributed by atoms with Gasteiger partial charge in [-0.15, -0.1) is 16.8 Å². The largest absolute Gasteiger partial charge is 0.417 e. The number of halogens is 4.